The van der Waals surface area contributed by atoms with Gasteiger partial charge < -0.3 is 14.8 Å². The third-order valence-corrected chi connectivity index (χ3v) is 5.30. The molecule has 0 radical (unpaired) electrons. The van der Waals surface area contributed by atoms with Crippen molar-refractivity contribution in [3.63, 3.8) is 0 Å². The number of pyridine rings is 2. The molecule has 6 nitrogen and oxygen atoms in total. The molecule has 1 N–H and O–H groups in total. The summed E-state index contributed by atoms with van der Waals surface area (Å²) in [7, 11) is 1.46. The minimum Gasteiger partial charge on any atom is -0.369 e. The number of nitrogens with one attached hydrogen (secondary N) is 1. The Morgan fingerprint density at radius 2 is 2.18 bits per heavy atom. The number of rotatable bonds is 3. The lowest BCUT2D eigenvalue weighted by atomic mass is 10.0. The molecule has 1 fully saturated rings. The Bertz CT molecular complexity index is 1020. The van der Waals surface area contributed by atoms with Crippen LogP contribution in [0.3, 0.4) is 0 Å². The fraction of sp³-hybridized carbons (Fsp3) is 0.421. The van der Waals surface area contributed by atoms with Crippen molar-refractivity contribution in [3.8, 4) is 0 Å². The number of fused-ring (bicyclic) bond motifs is 3. The number of carbonyl (C=O) groups excluding carboxylic acids is 1. The molecule has 3 aromatic rings. The van der Waals surface area contributed by atoms with E-state index in [0.29, 0.717) is 18.6 Å². The van der Waals surface area contributed by atoms with E-state index in [1.165, 1.54) is 11.9 Å². The summed E-state index contributed by atoms with van der Waals surface area (Å²) in [5.41, 5.74) is 2.48. The second-order valence-electron chi connectivity index (χ2n) is 7.13. The van der Waals surface area contributed by atoms with Crippen molar-refractivity contribution in [1.29, 1.82) is 0 Å². The first kappa shape index (κ1) is 18.5. The van der Waals surface area contributed by atoms with Crippen LogP contribution in [0.4, 0.5) is 18.9 Å². The average molecular weight is 391 g/mol. The summed E-state index contributed by atoms with van der Waals surface area (Å²) >= 11 is 0. The minimum absolute atomic E-state index is 0.266. The van der Waals surface area contributed by atoms with Crippen molar-refractivity contribution < 1.29 is 18.0 Å². The van der Waals surface area contributed by atoms with E-state index < -0.39 is 18.5 Å². The molecule has 0 bridgehead atoms. The molecule has 0 saturated carbocycles. The molecule has 1 aliphatic rings. The SMILES string of the molecule is CN(C(=O)CC(F)(F)F)C1CCCN(c2cc[nH]c3cnc4nccc4c23)C1. The summed E-state index contributed by atoms with van der Waals surface area (Å²) in [6, 6.07) is 3.59. The first-order chi connectivity index (χ1) is 13.3. The smallest absolute Gasteiger partial charge is 0.369 e. The largest absolute Gasteiger partial charge is 0.397 e. The van der Waals surface area contributed by atoms with Crippen molar-refractivity contribution in [2.24, 2.45) is 0 Å². The number of alkyl halides is 3. The van der Waals surface area contributed by atoms with Gasteiger partial charge in [-0.25, -0.2) is 9.97 Å². The van der Waals surface area contributed by atoms with Crippen molar-refractivity contribution >= 4 is 33.5 Å². The third kappa shape index (κ3) is 3.48. The van der Waals surface area contributed by atoms with E-state index in [1.54, 1.807) is 12.4 Å². The number of hydrogen-bond donors (Lipinski definition) is 1. The van der Waals surface area contributed by atoms with E-state index in [9.17, 15) is 18.0 Å². The Morgan fingerprint density at radius 1 is 1.36 bits per heavy atom. The van der Waals surface area contributed by atoms with Gasteiger partial charge in [0.05, 0.1) is 11.7 Å². The Hall–Kier alpha value is -2.84. The summed E-state index contributed by atoms with van der Waals surface area (Å²) in [6.07, 6.45) is 0.822. The van der Waals surface area contributed by atoms with Crippen molar-refractivity contribution in [3.05, 3.63) is 30.7 Å². The van der Waals surface area contributed by atoms with Gasteiger partial charge in [0, 0.05) is 55.0 Å². The molecule has 1 saturated heterocycles. The number of aromatic amines is 1. The highest BCUT2D eigenvalue weighted by molar-refractivity contribution is 6.10. The van der Waals surface area contributed by atoms with E-state index in [0.717, 1.165) is 34.9 Å². The zero-order valence-corrected chi connectivity index (χ0v) is 15.3. The summed E-state index contributed by atoms with van der Waals surface area (Å²) in [5.74, 6) is -0.891. The Labute approximate surface area is 159 Å². The molecular formula is C19H20F3N5O. The standard InChI is InChI=1S/C19H20F3N5O/c1-26(16(28)9-19(20,21)22)12-3-2-8-27(11-12)15-5-7-23-14-10-25-18-13(17(14)15)4-6-24-18/h4-7,10,12,23H,2-3,8-9,11H2,1H3. The maximum absolute atomic E-state index is 12.6. The van der Waals surface area contributed by atoms with Gasteiger partial charge in [0.1, 0.15) is 6.42 Å². The maximum Gasteiger partial charge on any atom is 0.397 e. The maximum atomic E-state index is 12.6. The first-order valence-corrected chi connectivity index (χ1v) is 9.11. The van der Waals surface area contributed by atoms with Crippen LogP contribution >= 0.6 is 0 Å². The number of hydrogen-bond acceptors (Lipinski definition) is 4. The number of amides is 1. The molecule has 1 atom stereocenters. The van der Waals surface area contributed by atoms with Gasteiger partial charge in [0.15, 0.2) is 5.65 Å². The summed E-state index contributed by atoms with van der Waals surface area (Å²) in [5, 5.41) is 1.91. The highest BCUT2D eigenvalue weighted by Gasteiger charge is 2.35. The van der Waals surface area contributed by atoms with Crippen LogP contribution in [0, 0.1) is 0 Å². The van der Waals surface area contributed by atoms with Gasteiger partial charge >= 0.3 is 6.18 Å². The monoisotopic (exact) mass is 391 g/mol. The molecule has 4 heterocycles. The normalized spacial score (nSPS) is 18.0. The number of halogens is 3. The molecule has 1 unspecified atom stereocenters. The van der Waals surface area contributed by atoms with E-state index in [4.69, 9.17) is 0 Å². The molecule has 0 aromatic carbocycles. The molecule has 3 aromatic heterocycles. The lowest BCUT2D eigenvalue weighted by molar-refractivity contribution is -0.162. The van der Waals surface area contributed by atoms with Gasteiger partial charge in [-0.2, -0.15) is 13.2 Å². The zero-order valence-electron chi connectivity index (χ0n) is 15.3. The first-order valence-electron chi connectivity index (χ1n) is 9.11. The Balaban J connectivity index is 1.63. The van der Waals surface area contributed by atoms with Gasteiger partial charge in [0.2, 0.25) is 5.91 Å². The van der Waals surface area contributed by atoms with Gasteiger partial charge in [0.25, 0.3) is 0 Å². The van der Waals surface area contributed by atoms with E-state index in [-0.39, 0.29) is 6.04 Å². The Kier molecular flexibility index (Phi) is 4.60. The number of piperidine rings is 1. The topological polar surface area (TPSA) is 65.1 Å². The highest BCUT2D eigenvalue weighted by Crippen LogP contribution is 2.33. The number of aromatic nitrogens is 3. The summed E-state index contributed by atoms with van der Waals surface area (Å²) in [6.45, 7) is 1.26. The second-order valence-corrected chi connectivity index (χ2v) is 7.13. The molecular weight excluding hydrogens is 371 g/mol. The van der Waals surface area contributed by atoms with E-state index in [2.05, 4.69) is 19.9 Å². The third-order valence-electron chi connectivity index (χ3n) is 5.30. The van der Waals surface area contributed by atoms with Crippen LogP contribution < -0.4 is 4.90 Å². The molecule has 9 heteroatoms. The second kappa shape index (κ2) is 6.96. The van der Waals surface area contributed by atoms with Gasteiger partial charge in [-0.05, 0) is 25.0 Å². The fourth-order valence-corrected chi connectivity index (χ4v) is 3.89. The number of carbonyl (C=O) groups is 1. The molecule has 0 aliphatic carbocycles. The summed E-state index contributed by atoms with van der Waals surface area (Å²) < 4.78 is 37.8. The van der Waals surface area contributed by atoms with Crippen LogP contribution in [0.15, 0.2) is 30.7 Å². The molecule has 1 amide bonds. The predicted octanol–water partition coefficient (Wildman–Crippen LogP) is 3.49. The van der Waals surface area contributed by atoms with E-state index >= 15 is 0 Å². The van der Waals surface area contributed by atoms with Crippen LogP contribution in [-0.4, -0.2) is 58.1 Å². The summed E-state index contributed by atoms with van der Waals surface area (Å²) in [4.78, 5) is 27.2. The van der Waals surface area contributed by atoms with E-state index in [1.807, 2.05) is 18.3 Å². The highest BCUT2D eigenvalue weighted by atomic mass is 19.4. The lowest BCUT2D eigenvalue weighted by Crippen LogP contribution is -2.49. The molecule has 28 heavy (non-hydrogen) atoms. The Morgan fingerprint density at radius 3 is 2.96 bits per heavy atom. The molecule has 1 aliphatic heterocycles. The van der Waals surface area contributed by atoms with Crippen LogP contribution in [0.25, 0.3) is 21.9 Å². The van der Waals surface area contributed by atoms with Gasteiger partial charge in [-0.15, -0.1) is 0 Å². The number of likely N-dealkylation sites (N-methyl/N-ethyl adjacent to an activating group) is 1. The van der Waals surface area contributed by atoms with Crippen LogP contribution in [0.1, 0.15) is 19.3 Å². The van der Waals surface area contributed by atoms with Gasteiger partial charge in [-0.1, -0.05) is 0 Å². The zero-order chi connectivity index (χ0) is 19.9. The number of anilines is 1. The van der Waals surface area contributed by atoms with Crippen LogP contribution in [-0.2, 0) is 4.79 Å². The predicted molar refractivity (Wildman–Crippen MR) is 100 cm³/mol. The molecule has 4 rings (SSSR count). The van der Waals surface area contributed by atoms with Crippen molar-refractivity contribution in [2.75, 3.05) is 25.0 Å². The van der Waals surface area contributed by atoms with Crippen LogP contribution in [0.5, 0.6) is 0 Å². The fourth-order valence-electron chi connectivity index (χ4n) is 3.89. The van der Waals surface area contributed by atoms with Gasteiger partial charge in [-0.3, -0.25) is 4.79 Å². The van der Waals surface area contributed by atoms with Crippen LogP contribution in [0.2, 0.25) is 0 Å². The molecule has 148 valence electrons. The van der Waals surface area contributed by atoms with Crippen molar-refractivity contribution in [2.45, 2.75) is 31.5 Å². The minimum atomic E-state index is -4.49. The quantitative estimate of drug-likeness (QED) is 0.742. The molecule has 0 spiro atoms. The number of H-pyrrole nitrogens is 1. The lowest BCUT2D eigenvalue weighted by Gasteiger charge is -2.39. The van der Waals surface area contributed by atoms with Crippen molar-refractivity contribution in [1.82, 2.24) is 19.9 Å². The number of nitrogens with zero attached hydrogens (tertiary/aromatic N) is 4. The average Bonchev–Trinajstić information content (AvgIpc) is 3.14.